The normalized spacial score (nSPS) is 10.2. The van der Waals surface area contributed by atoms with Crippen molar-refractivity contribution in [1.82, 2.24) is 4.98 Å². The molecule has 1 amide bonds. The molecule has 0 radical (unpaired) electrons. The van der Waals surface area contributed by atoms with E-state index in [-0.39, 0.29) is 23.2 Å². The van der Waals surface area contributed by atoms with Crippen LogP contribution in [0.25, 0.3) is 0 Å². The molecule has 1 aromatic heterocycles. The van der Waals surface area contributed by atoms with Gasteiger partial charge in [0.05, 0.1) is 0 Å². The van der Waals surface area contributed by atoms with Crippen LogP contribution in [0, 0.1) is 0 Å². The number of hydrogen-bond donors (Lipinski definition) is 2. The Morgan fingerprint density at radius 2 is 1.77 bits per heavy atom. The van der Waals surface area contributed by atoms with E-state index in [0.29, 0.717) is 23.2 Å². The van der Waals surface area contributed by atoms with Gasteiger partial charge >= 0.3 is 5.97 Å². The molecule has 136 valence electrons. The van der Waals surface area contributed by atoms with Crippen molar-refractivity contribution in [2.24, 2.45) is 0 Å². The van der Waals surface area contributed by atoms with E-state index in [1.54, 1.807) is 24.3 Å². The van der Waals surface area contributed by atoms with Gasteiger partial charge in [0.1, 0.15) is 5.69 Å². The number of hydrogen-bond acceptors (Lipinski definition) is 5. The molecule has 0 atom stereocenters. The van der Waals surface area contributed by atoms with Gasteiger partial charge in [-0.25, -0.2) is 4.79 Å². The summed E-state index contributed by atoms with van der Waals surface area (Å²) in [4.78, 5) is 49.4. The van der Waals surface area contributed by atoms with Crippen LogP contribution in [0.15, 0.2) is 36.5 Å². The molecule has 0 aliphatic rings. The van der Waals surface area contributed by atoms with Crippen LogP contribution >= 0.6 is 0 Å². The average molecular weight is 356 g/mol. The minimum atomic E-state index is -0.714. The van der Waals surface area contributed by atoms with Crippen LogP contribution in [0.4, 0.5) is 5.69 Å². The summed E-state index contributed by atoms with van der Waals surface area (Å²) in [6.07, 6.45) is 2.59. The minimum absolute atomic E-state index is 0.0867. The first-order valence-corrected chi connectivity index (χ1v) is 8.20. The van der Waals surface area contributed by atoms with Crippen molar-refractivity contribution in [3.8, 4) is 0 Å². The fourth-order valence-corrected chi connectivity index (χ4v) is 2.20. The monoisotopic (exact) mass is 356 g/mol. The Labute approximate surface area is 150 Å². The minimum Gasteiger partial charge on any atom is -0.453 e. The number of esters is 1. The van der Waals surface area contributed by atoms with E-state index in [4.69, 9.17) is 4.74 Å². The second-order valence-corrected chi connectivity index (χ2v) is 5.73. The molecule has 1 aromatic carbocycles. The Morgan fingerprint density at radius 1 is 1.08 bits per heavy atom. The molecule has 0 aliphatic carbocycles. The van der Waals surface area contributed by atoms with Crippen molar-refractivity contribution in [3.05, 3.63) is 53.3 Å². The number of carbonyl (C=O) groups excluding carboxylic acids is 4. The zero-order chi connectivity index (χ0) is 19.1. The summed E-state index contributed by atoms with van der Waals surface area (Å²) in [5, 5.41) is 2.72. The zero-order valence-electron chi connectivity index (χ0n) is 14.6. The van der Waals surface area contributed by atoms with Crippen LogP contribution in [0.5, 0.6) is 0 Å². The molecule has 2 aromatic rings. The Morgan fingerprint density at radius 3 is 2.35 bits per heavy atom. The maximum Gasteiger partial charge on any atom is 0.355 e. The van der Waals surface area contributed by atoms with Gasteiger partial charge in [-0.2, -0.15) is 0 Å². The molecule has 7 heteroatoms. The van der Waals surface area contributed by atoms with E-state index in [9.17, 15) is 19.2 Å². The smallest absolute Gasteiger partial charge is 0.355 e. The fourth-order valence-electron chi connectivity index (χ4n) is 2.20. The van der Waals surface area contributed by atoms with E-state index in [2.05, 4.69) is 10.3 Å². The number of amides is 1. The summed E-state index contributed by atoms with van der Waals surface area (Å²) in [6.45, 7) is 2.88. The highest BCUT2D eigenvalue weighted by molar-refractivity contribution is 6.01. The van der Waals surface area contributed by atoms with Gasteiger partial charge in [0, 0.05) is 29.4 Å². The maximum absolute atomic E-state index is 12.1. The predicted molar refractivity (Wildman–Crippen MR) is 95.4 cm³/mol. The van der Waals surface area contributed by atoms with Crippen LogP contribution < -0.4 is 5.32 Å². The number of anilines is 1. The van der Waals surface area contributed by atoms with Crippen molar-refractivity contribution in [1.29, 1.82) is 0 Å². The molecule has 0 spiro atoms. The molecule has 0 fully saturated rings. The first-order valence-electron chi connectivity index (χ1n) is 8.20. The standard InChI is InChI=1S/C19H20N2O5/c1-3-4-18(24)21-15-7-5-13(6-8-15)17(23)11-26-19(25)16-9-14(10-20-16)12(2)22/h5-10,20H,3-4,11H2,1-2H3,(H,21,24). The van der Waals surface area contributed by atoms with Gasteiger partial charge in [-0.15, -0.1) is 0 Å². The number of carbonyl (C=O) groups is 4. The van der Waals surface area contributed by atoms with Crippen molar-refractivity contribution in [3.63, 3.8) is 0 Å². The number of benzene rings is 1. The van der Waals surface area contributed by atoms with Crippen LogP contribution in [0.1, 0.15) is 57.9 Å². The van der Waals surface area contributed by atoms with Gasteiger partial charge in [-0.3, -0.25) is 14.4 Å². The second kappa shape index (κ2) is 8.75. The number of Topliss-reactive ketones (excluding diaryl/α,β-unsaturated/α-hetero) is 2. The summed E-state index contributed by atoms with van der Waals surface area (Å²) >= 11 is 0. The number of ether oxygens (including phenoxy) is 1. The highest BCUT2D eigenvalue weighted by Crippen LogP contribution is 2.12. The molecule has 7 nitrogen and oxygen atoms in total. The lowest BCUT2D eigenvalue weighted by atomic mass is 10.1. The summed E-state index contributed by atoms with van der Waals surface area (Å²) in [7, 11) is 0. The molecule has 1 heterocycles. The lowest BCUT2D eigenvalue weighted by Crippen LogP contribution is -2.15. The third-order valence-corrected chi connectivity index (χ3v) is 3.61. The van der Waals surface area contributed by atoms with E-state index in [1.165, 1.54) is 19.2 Å². The predicted octanol–water partition coefficient (Wildman–Crippen LogP) is 3.00. The molecule has 2 N–H and O–H groups in total. The number of aromatic amines is 1. The second-order valence-electron chi connectivity index (χ2n) is 5.73. The summed E-state index contributed by atoms with van der Waals surface area (Å²) in [5.74, 6) is -1.35. The number of nitrogens with one attached hydrogen (secondary N) is 2. The quantitative estimate of drug-likeness (QED) is 0.559. The maximum atomic E-state index is 12.1. The van der Waals surface area contributed by atoms with Crippen LogP contribution in [-0.2, 0) is 9.53 Å². The molecule has 0 aliphatic heterocycles. The molecule has 0 saturated heterocycles. The molecule has 0 saturated carbocycles. The Bertz CT molecular complexity index is 821. The van der Waals surface area contributed by atoms with Gasteiger partial charge in [0.2, 0.25) is 5.91 Å². The van der Waals surface area contributed by atoms with E-state index >= 15 is 0 Å². The zero-order valence-corrected chi connectivity index (χ0v) is 14.6. The van der Waals surface area contributed by atoms with Crippen molar-refractivity contribution >= 4 is 29.1 Å². The number of aromatic nitrogens is 1. The SMILES string of the molecule is CCCC(=O)Nc1ccc(C(=O)COC(=O)c2cc(C(C)=O)c[nH]2)cc1. The largest absolute Gasteiger partial charge is 0.453 e. The molecular weight excluding hydrogens is 336 g/mol. The van der Waals surface area contributed by atoms with E-state index in [0.717, 1.165) is 6.42 Å². The fraction of sp³-hybridized carbons (Fsp3) is 0.263. The number of rotatable bonds is 8. The van der Waals surface area contributed by atoms with Crippen molar-refractivity contribution in [2.75, 3.05) is 11.9 Å². The van der Waals surface area contributed by atoms with E-state index < -0.39 is 12.6 Å². The molecule has 26 heavy (non-hydrogen) atoms. The van der Waals surface area contributed by atoms with Crippen LogP contribution in [0.2, 0.25) is 0 Å². The highest BCUT2D eigenvalue weighted by atomic mass is 16.5. The van der Waals surface area contributed by atoms with Gasteiger partial charge in [0.25, 0.3) is 0 Å². The lowest BCUT2D eigenvalue weighted by Gasteiger charge is -2.06. The summed E-state index contributed by atoms with van der Waals surface area (Å²) in [6, 6.07) is 7.73. The lowest BCUT2D eigenvalue weighted by molar-refractivity contribution is -0.116. The van der Waals surface area contributed by atoms with E-state index in [1.807, 2.05) is 6.92 Å². The molecule has 0 unspecified atom stereocenters. The Hall–Kier alpha value is -3.22. The van der Waals surface area contributed by atoms with Crippen molar-refractivity contribution < 1.29 is 23.9 Å². The topological polar surface area (TPSA) is 105 Å². The van der Waals surface area contributed by atoms with Crippen molar-refractivity contribution in [2.45, 2.75) is 26.7 Å². The highest BCUT2D eigenvalue weighted by Gasteiger charge is 2.15. The van der Waals surface area contributed by atoms with Gasteiger partial charge in [-0.05, 0) is 43.7 Å². The van der Waals surface area contributed by atoms with Crippen LogP contribution in [0.3, 0.4) is 0 Å². The van der Waals surface area contributed by atoms with Gasteiger partial charge in [-0.1, -0.05) is 6.92 Å². The third kappa shape index (κ3) is 5.14. The number of H-pyrrole nitrogens is 1. The molecule has 2 rings (SSSR count). The average Bonchev–Trinajstić information content (AvgIpc) is 3.11. The van der Waals surface area contributed by atoms with Gasteiger partial charge in [0.15, 0.2) is 18.2 Å². The molecular formula is C19H20N2O5. The first kappa shape index (κ1) is 19.1. The van der Waals surface area contributed by atoms with Gasteiger partial charge < -0.3 is 15.0 Å². The molecule has 0 bridgehead atoms. The number of ketones is 2. The first-order chi connectivity index (χ1) is 12.4. The summed E-state index contributed by atoms with van der Waals surface area (Å²) in [5.41, 5.74) is 1.43. The van der Waals surface area contributed by atoms with Crippen LogP contribution in [-0.4, -0.2) is 35.0 Å². The Kier molecular flexibility index (Phi) is 6.43. The summed E-state index contributed by atoms with van der Waals surface area (Å²) < 4.78 is 4.96. The third-order valence-electron chi connectivity index (χ3n) is 3.61. The Balaban J connectivity index is 1.89.